The zero-order valence-corrected chi connectivity index (χ0v) is 11.8. The fourth-order valence-electron chi connectivity index (χ4n) is 1.98. The first-order valence-electron chi connectivity index (χ1n) is 6.61. The largest absolute Gasteiger partial charge is 0.508 e. The standard InChI is InChI=1S/C15H23NO3/c1-10(2)6-13(9-17)16-15(19)8-12-5-4-11(3)14(18)7-12/h4-5,7,10,13,17-18H,6,8-9H2,1-3H3,(H,16,19)/t13-/m0/s1. The Morgan fingerprint density at radius 1 is 1.37 bits per heavy atom. The van der Waals surface area contributed by atoms with Gasteiger partial charge in [-0.25, -0.2) is 0 Å². The van der Waals surface area contributed by atoms with E-state index in [0.717, 1.165) is 17.5 Å². The van der Waals surface area contributed by atoms with Crippen molar-refractivity contribution in [3.63, 3.8) is 0 Å². The summed E-state index contributed by atoms with van der Waals surface area (Å²) in [7, 11) is 0. The fraction of sp³-hybridized carbons (Fsp3) is 0.533. The molecule has 0 radical (unpaired) electrons. The number of phenolic OH excluding ortho intramolecular Hbond substituents is 1. The summed E-state index contributed by atoms with van der Waals surface area (Å²) in [5, 5.41) is 21.6. The summed E-state index contributed by atoms with van der Waals surface area (Å²) in [5.74, 6) is 0.481. The van der Waals surface area contributed by atoms with Crippen LogP contribution >= 0.6 is 0 Å². The van der Waals surface area contributed by atoms with Gasteiger partial charge in [-0.2, -0.15) is 0 Å². The predicted molar refractivity (Wildman–Crippen MR) is 75.0 cm³/mol. The third-order valence-corrected chi connectivity index (χ3v) is 2.98. The van der Waals surface area contributed by atoms with E-state index >= 15 is 0 Å². The number of hydrogen-bond donors (Lipinski definition) is 3. The van der Waals surface area contributed by atoms with Crippen LogP contribution in [0.5, 0.6) is 5.75 Å². The van der Waals surface area contributed by atoms with Crippen molar-refractivity contribution in [3.8, 4) is 5.75 Å². The molecule has 0 aliphatic rings. The normalized spacial score (nSPS) is 12.5. The summed E-state index contributed by atoms with van der Waals surface area (Å²) in [5.41, 5.74) is 1.55. The van der Waals surface area contributed by atoms with Crippen molar-refractivity contribution >= 4 is 5.91 Å². The van der Waals surface area contributed by atoms with Crippen LogP contribution in [0.25, 0.3) is 0 Å². The Morgan fingerprint density at radius 3 is 2.58 bits per heavy atom. The van der Waals surface area contributed by atoms with Crippen LogP contribution in [-0.4, -0.2) is 28.8 Å². The maximum absolute atomic E-state index is 11.9. The summed E-state index contributed by atoms with van der Waals surface area (Å²) < 4.78 is 0. The van der Waals surface area contributed by atoms with E-state index in [9.17, 15) is 15.0 Å². The molecule has 3 N–H and O–H groups in total. The third kappa shape index (κ3) is 5.30. The van der Waals surface area contributed by atoms with Crippen LogP contribution in [-0.2, 0) is 11.2 Å². The van der Waals surface area contributed by atoms with Gasteiger partial charge in [-0.05, 0) is 36.5 Å². The van der Waals surface area contributed by atoms with Gasteiger partial charge in [0.05, 0.1) is 19.1 Å². The van der Waals surface area contributed by atoms with Crippen molar-refractivity contribution in [1.29, 1.82) is 0 Å². The highest BCUT2D eigenvalue weighted by molar-refractivity contribution is 5.79. The maximum atomic E-state index is 11.9. The molecule has 4 heteroatoms. The van der Waals surface area contributed by atoms with Crippen LogP contribution < -0.4 is 5.32 Å². The predicted octanol–water partition coefficient (Wildman–Crippen LogP) is 1.77. The molecule has 1 aromatic carbocycles. The van der Waals surface area contributed by atoms with Crippen LogP contribution in [0, 0.1) is 12.8 Å². The van der Waals surface area contributed by atoms with Gasteiger partial charge in [0.1, 0.15) is 5.75 Å². The third-order valence-electron chi connectivity index (χ3n) is 2.98. The lowest BCUT2D eigenvalue weighted by atomic mass is 10.0. The van der Waals surface area contributed by atoms with Crippen molar-refractivity contribution < 1.29 is 15.0 Å². The van der Waals surface area contributed by atoms with Gasteiger partial charge in [0, 0.05) is 0 Å². The monoisotopic (exact) mass is 265 g/mol. The number of carbonyl (C=O) groups is 1. The Morgan fingerprint density at radius 2 is 2.05 bits per heavy atom. The first kappa shape index (κ1) is 15.5. The van der Waals surface area contributed by atoms with Gasteiger partial charge in [0.25, 0.3) is 0 Å². The molecule has 0 saturated carbocycles. The number of benzene rings is 1. The molecule has 0 spiro atoms. The molecule has 0 aromatic heterocycles. The van der Waals surface area contributed by atoms with E-state index < -0.39 is 0 Å². The Labute approximate surface area is 114 Å². The van der Waals surface area contributed by atoms with E-state index in [4.69, 9.17) is 0 Å². The number of phenols is 1. The highest BCUT2D eigenvalue weighted by Crippen LogP contribution is 2.17. The van der Waals surface area contributed by atoms with E-state index in [0.29, 0.717) is 5.92 Å². The summed E-state index contributed by atoms with van der Waals surface area (Å²) in [6.07, 6.45) is 0.962. The van der Waals surface area contributed by atoms with E-state index in [1.54, 1.807) is 12.1 Å². The number of amides is 1. The van der Waals surface area contributed by atoms with Crippen LogP contribution in [0.4, 0.5) is 0 Å². The number of carbonyl (C=O) groups excluding carboxylic acids is 1. The molecule has 0 aliphatic carbocycles. The average molecular weight is 265 g/mol. The molecule has 1 amide bonds. The molecule has 0 aliphatic heterocycles. The van der Waals surface area contributed by atoms with Crippen LogP contribution in [0.3, 0.4) is 0 Å². The number of nitrogens with one attached hydrogen (secondary N) is 1. The fourth-order valence-corrected chi connectivity index (χ4v) is 1.98. The van der Waals surface area contributed by atoms with Gasteiger partial charge in [-0.15, -0.1) is 0 Å². The SMILES string of the molecule is Cc1ccc(CC(=O)N[C@H](CO)CC(C)C)cc1O. The lowest BCUT2D eigenvalue weighted by Gasteiger charge is -2.18. The van der Waals surface area contributed by atoms with Crippen molar-refractivity contribution in [2.45, 2.75) is 39.7 Å². The minimum Gasteiger partial charge on any atom is -0.508 e. The molecule has 0 heterocycles. The van der Waals surface area contributed by atoms with Gasteiger partial charge < -0.3 is 15.5 Å². The van der Waals surface area contributed by atoms with E-state index in [-0.39, 0.29) is 30.7 Å². The zero-order chi connectivity index (χ0) is 14.4. The smallest absolute Gasteiger partial charge is 0.224 e. The zero-order valence-electron chi connectivity index (χ0n) is 11.8. The number of rotatable bonds is 6. The summed E-state index contributed by atoms with van der Waals surface area (Å²) in [6, 6.07) is 5.01. The number of aryl methyl sites for hydroxylation is 1. The van der Waals surface area contributed by atoms with E-state index in [1.165, 1.54) is 0 Å². The van der Waals surface area contributed by atoms with E-state index in [2.05, 4.69) is 5.32 Å². The highest BCUT2D eigenvalue weighted by atomic mass is 16.3. The summed E-state index contributed by atoms with van der Waals surface area (Å²) in [6.45, 7) is 5.85. The Bertz CT molecular complexity index is 429. The number of aromatic hydroxyl groups is 1. The Balaban J connectivity index is 2.56. The topological polar surface area (TPSA) is 69.6 Å². The Hall–Kier alpha value is -1.55. The number of hydrogen-bond acceptors (Lipinski definition) is 3. The van der Waals surface area contributed by atoms with Crippen molar-refractivity contribution in [2.24, 2.45) is 5.92 Å². The second-order valence-corrected chi connectivity index (χ2v) is 5.37. The summed E-state index contributed by atoms with van der Waals surface area (Å²) >= 11 is 0. The highest BCUT2D eigenvalue weighted by Gasteiger charge is 2.13. The molecule has 0 saturated heterocycles. The molecule has 0 fully saturated rings. The van der Waals surface area contributed by atoms with Crippen LogP contribution in [0.2, 0.25) is 0 Å². The van der Waals surface area contributed by atoms with Gasteiger partial charge in [0.2, 0.25) is 5.91 Å². The molecule has 1 aromatic rings. The quantitative estimate of drug-likeness (QED) is 0.734. The van der Waals surface area contributed by atoms with Gasteiger partial charge in [-0.3, -0.25) is 4.79 Å². The maximum Gasteiger partial charge on any atom is 0.224 e. The second-order valence-electron chi connectivity index (χ2n) is 5.37. The van der Waals surface area contributed by atoms with Crippen LogP contribution in [0.1, 0.15) is 31.4 Å². The van der Waals surface area contributed by atoms with Gasteiger partial charge in [-0.1, -0.05) is 26.0 Å². The van der Waals surface area contributed by atoms with Gasteiger partial charge >= 0.3 is 0 Å². The van der Waals surface area contributed by atoms with Gasteiger partial charge in [0.15, 0.2) is 0 Å². The molecule has 1 atom stereocenters. The molecule has 1 rings (SSSR count). The van der Waals surface area contributed by atoms with Crippen molar-refractivity contribution in [3.05, 3.63) is 29.3 Å². The Kier molecular flexibility index (Phi) is 5.83. The lowest BCUT2D eigenvalue weighted by molar-refractivity contribution is -0.121. The lowest BCUT2D eigenvalue weighted by Crippen LogP contribution is -2.39. The van der Waals surface area contributed by atoms with Crippen LogP contribution in [0.15, 0.2) is 18.2 Å². The molecule has 4 nitrogen and oxygen atoms in total. The first-order valence-corrected chi connectivity index (χ1v) is 6.61. The molecule has 106 valence electrons. The van der Waals surface area contributed by atoms with Crippen molar-refractivity contribution in [2.75, 3.05) is 6.61 Å². The second kappa shape index (κ2) is 7.14. The summed E-state index contributed by atoms with van der Waals surface area (Å²) in [4.78, 5) is 11.9. The molecular formula is C15H23NO3. The minimum atomic E-state index is -0.202. The first-order chi connectivity index (χ1) is 8.92. The average Bonchev–Trinajstić information content (AvgIpc) is 2.32. The minimum absolute atomic E-state index is 0.0525. The molecular weight excluding hydrogens is 242 g/mol. The molecule has 0 unspecified atom stereocenters. The molecule has 19 heavy (non-hydrogen) atoms. The number of aliphatic hydroxyl groups excluding tert-OH is 1. The molecule has 0 bridgehead atoms. The number of aliphatic hydroxyl groups is 1. The van der Waals surface area contributed by atoms with Crippen molar-refractivity contribution in [1.82, 2.24) is 5.32 Å². The van der Waals surface area contributed by atoms with E-state index in [1.807, 2.05) is 26.8 Å².